The molecule has 20 heavy (non-hydrogen) atoms. The first-order valence-corrected chi connectivity index (χ1v) is 11.5. The van der Waals surface area contributed by atoms with E-state index in [0.29, 0.717) is 0 Å². The van der Waals surface area contributed by atoms with Crippen molar-refractivity contribution in [3.8, 4) is 0 Å². The molecule has 0 saturated heterocycles. The fourth-order valence-electron chi connectivity index (χ4n) is 4.69. The van der Waals surface area contributed by atoms with E-state index in [9.17, 15) is 0 Å². The van der Waals surface area contributed by atoms with Crippen LogP contribution in [-0.4, -0.2) is 14.6 Å². The zero-order chi connectivity index (χ0) is 14.4. The minimum absolute atomic E-state index is 0.226. The molecule has 0 aromatic rings. The average Bonchev–Trinajstić information content (AvgIpc) is 2.54. The molecule has 0 N–H and O–H groups in total. The lowest BCUT2D eigenvalue weighted by Gasteiger charge is -2.48. The van der Waals surface area contributed by atoms with Crippen LogP contribution in [0.4, 0.5) is 0 Å². The van der Waals surface area contributed by atoms with Crippen molar-refractivity contribution in [2.75, 3.05) is 0 Å². The third-order valence-electron chi connectivity index (χ3n) is 6.16. The molecule has 2 rings (SSSR count). The van der Waals surface area contributed by atoms with Crippen molar-refractivity contribution in [2.24, 2.45) is 11.8 Å². The summed E-state index contributed by atoms with van der Waals surface area (Å²) in [6, 6.07) is 2.62. The molecule has 0 heterocycles. The predicted molar refractivity (Wildman–Crippen MR) is 90.8 cm³/mol. The molecule has 118 valence electrons. The van der Waals surface area contributed by atoms with E-state index in [0.717, 1.165) is 11.8 Å². The molecule has 2 fully saturated rings. The van der Waals surface area contributed by atoms with Gasteiger partial charge in [0.1, 0.15) is 0 Å². The zero-order valence-electron chi connectivity index (χ0n) is 14.1. The summed E-state index contributed by atoms with van der Waals surface area (Å²) in [5, 5.41) is 0. The Kier molecular flexibility index (Phi) is 6.60. The van der Waals surface area contributed by atoms with Crippen molar-refractivity contribution in [3.63, 3.8) is 0 Å². The summed E-state index contributed by atoms with van der Waals surface area (Å²) in [6.07, 6.45) is 14.4. The molecule has 0 aromatic carbocycles. The number of rotatable bonds is 6. The minimum atomic E-state index is -0.959. The van der Waals surface area contributed by atoms with Gasteiger partial charge in [0.2, 0.25) is 0 Å². The highest BCUT2D eigenvalue weighted by atomic mass is 28.3. The molecule has 2 aliphatic carbocycles. The van der Waals surface area contributed by atoms with Crippen LogP contribution >= 0.6 is 0 Å². The van der Waals surface area contributed by atoms with Crippen LogP contribution in [0, 0.1) is 11.8 Å². The van der Waals surface area contributed by atoms with Gasteiger partial charge in [-0.05, 0) is 56.5 Å². The molecule has 0 aromatic heterocycles. The standard InChI is InChI=1S/C18H36OSi/c1-4-20(5-2)19-18(3,16-12-8-6-9-13-16)17-14-10-7-11-15-17/h16-17,20H,4-15H2,1-3H3. The summed E-state index contributed by atoms with van der Waals surface area (Å²) in [5.74, 6) is 1.71. The van der Waals surface area contributed by atoms with Gasteiger partial charge in [0, 0.05) is 0 Å². The maximum Gasteiger partial charge on any atom is 0.177 e. The molecule has 0 amide bonds. The van der Waals surface area contributed by atoms with Gasteiger partial charge in [-0.2, -0.15) is 0 Å². The van der Waals surface area contributed by atoms with E-state index < -0.39 is 9.04 Å². The molecule has 2 saturated carbocycles. The third-order valence-corrected chi connectivity index (χ3v) is 8.83. The maximum atomic E-state index is 6.95. The quantitative estimate of drug-likeness (QED) is 0.572. The van der Waals surface area contributed by atoms with Crippen LogP contribution in [0.2, 0.25) is 12.1 Å². The van der Waals surface area contributed by atoms with E-state index in [-0.39, 0.29) is 5.60 Å². The molecule has 1 nitrogen and oxygen atoms in total. The summed E-state index contributed by atoms with van der Waals surface area (Å²) < 4.78 is 6.95. The number of hydrogen-bond acceptors (Lipinski definition) is 1. The molecule has 0 unspecified atom stereocenters. The highest BCUT2D eigenvalue weighted by Crippen LogP contribution is 2.45. The first kappa shape index (κ1) is 16.5. The summed E-state index contributed by atoms with van der Waals surface area (Å²) in [7, 11) is -0.959. The summed E-state index contributed by atoms with van der Waals surface area (Å²) in [4.78, 5) is 0. The summed E-state index contributed by atoms with van der Waals surface area (Å²) >= 11 is 0. The fourth-order valence-corrected chi connectivity index (χ4v) is 6.71. The normalized spacial score (nSPS) is 23.4. The van der Waals surface area contributed by atoms with Gasteiger partial charge < -0.3 is 4.43 Å². The Morgan fingerprint density at radius 3 is 1.55 bits per heavy atom. The van der Waals surface area contributed by atoms with E-state index in [1.54, 1.807) is 0 Å². The van der Waals surface area contributed by atoms with Gasteiger partial charge >= 0.3 is 0 Å². The Bertz CT molecular complexity index is 245. The predicted octanol–water partition coefficient (Wildman–Crippen LogP) is 5.69. The van der Waals surface area contributed by atoms with Crippen LogP contribution in [0.15, 0.2) is 0 Å². The van der Waals surface area contributed by atoms with Crippen LogP contribution in [0.3, 0.4) is 0 Å². The van der Waals surface area contributed by atoms with Crippen LogP contribution in [-0.2, 0) is 4.43 Å². The third kappa shape index (κ3) is 3.88. The Morgan fingerprint density at radius 2 is 1.20 bits per heavy atom. The molecular formula is C18H36OSi. The van der Waals surface area contributed by atoms with Crippen molar-refractivity contribution in [1.82, 2.24) is 0 Å². The topological polar surface area (TPSA) is 9.23 Å². The average molecular weight is 297 g/mol. The van der Waals surface area contributed by atoms with Crippen LogP contribution in [0.5, 0.6) is 0 Å². The molecule has 2 aliphatic rings. The fraction of sp³-hybridized carbons (Fsp3) is 1.00. The molecular weight excluding hydrogens is 260 g/mol. The molecule has 0 aliphatic heterocycles. The second-order valence-electron chi connectivity index (χ2n) is 7.41. The van der Waals surface area contributed by atoms with Crippen molar-refractivity contribution in [2.45, 2.75) is 103 Å². The van der Waals surface area contributed by atoms with Gasteiger partial charge in [-0.3, -0.25) is 0 Å². The number of hydrogen-bond donors (Lipinski definition) is 0. The Balaban J connectivity index is 2.11. The SMILES string of the molecule is CC[SiH](CC)OC(C)(C1CCCCC1)C1CCCCC1. The van der Waals surface area contributed by atoms with Gasteiger partial charge in [-0.15, -0.1) is 0 Å². The maximum absolute atomic E-state index is 6.95. The zero-order valence-corrected chi connectivity index (χ0v) is 15.3. The summed E-state index contributed by atoms with van der Waals surface area (Å²) in [5.41, 5.74) is 0.226. The van der Waals surface area contributed by atoms with Crippen molar-refractivity contribution in [3.05, 3.63) is 0 Å². The van der Waals surface area contributed by atoms with E-state index in [1.165, 1.54) is 76.3 Å². The van der Waals surface area contributed by atoms with Gasteiger partial charge in [-0.25, -0.2) is 0 Å². The molecule has 0 spiro atoms. The molecule has 2 heteroatoms. The van der Waals surface area contributed by atoms with Gasteiger partial charge in [0.25, 0.3) is 0 Å². The lowest BCUT2D eigenvalue weighted by Crippen LogP contribution is -2.49. The van der Waals surface area contributed by atoms with Crippen molar-refractivity contribution >= 4 is 9.04 Å². The first-order chi connectivity index (χ1) is 9.70. The second kappa shape index (κ2) is 7.98. The first-order valence-electron chi connectivity index (χ1n) is 9.38. The van der Waals surface area contributed by atoms with E-state index in [2.05, 4.69) is 20.8 Å². The molecule has 0 radical (unpaired) electrons. The van der Waals surface area contributed by atoms with Gasteiger partial charge in [-0.1, -0.05) is 52.4 Å². The summed E-state index contributed by atoms with van der Waals surface area (Å²) in [6.45, 7) is 7.22. The highest BCUT2D eigenvalue weighted by Gasteiger charge is 2.43. The monoisotopic (exact) mass is 296 g/mol. The van der Waals surface area contributed by atoms with Crippen LogP contribution in [0.25, 0.3) is 0 Å². The Labute approximate surface area is 128 Å². The van der Waals surface area contributed by atoms with Gasteiger partial charge in [0.05, 0.1) is 5.60 Å². The second-order valence-corrected chi connectivity index (χ2v) is 10.5. The lowest BCUT2D eigenvalue weighted by atomic mass is 9.67. The van der Waals surface area contributed by atoms with Gasteiger partial charge in [0.15, 0.2) is 9.04 Å². The Hall–Kier alpha value is 0.177. The lowest BCUT2D eigenvalue weighted by molar-refractivity contribution is -0.0580. The highest BCUT2D eigenvalue weighted by molar-refractivity contribution is 6.51. The largest absolute Gasteiger partial charge is 0.414 e. The van der Waals surface area contributed by atoms with Crippen molar-refractivity contribution in [1.29, 1.82) is 0 Å². The van der Waals surface area contributed by atoms with Crippen molar-refractivity contribution < 1.29 is 4.43 Å². The smallest absolute Gasteiger partial charge is 0.177 e. The van der Waals surface area contributed by atoms with E-state index in [4.69, 9.17) is 4.43 Å². The molecule has 0 bridgehead atoms. The van der Waals surface area contributed by atoms with Crippen LogP contribution in [0.1, 0.15) is 85.0 Å². The van der Waals surface area contributed by atoms with E-state index >= 15 is 0 Å². The molecule has 0 atom stereocenters. The van der Waals surface area contributed by atoms with Crippen LogP contribution < -0.4 is 0 Å². The Morgan fingerprint density at radius 1 is 0.800 bits per heavy atom. The minimum Gasteiger partial charge on any atom is -0.414 e. The van der Waals surface area contributed by atoms with E-state index in [1.807, 2.05) is 0 Å².